The van der Waals surface area contributed by atoms with Gasteiger partial charge in [-0.1, -0.05) is 18.1 Å². The third-order valence-electron chi connectivity index (χ3n) is 3.48. The molecule has 1 aliphatic carbocycles. The van der Waals surface area contributed by atoms with Gasteiger partial charge in [0.25, 0.3) is 0 Å². The lowest BCUT2D eigenvalue weighted by Crippen LogP contribution is -2.32. The molecule has 0 radical (unpaired) electrons. The van der Waals surface area contributed by atoms with Gasteiger partial charge in [0, 0.05) is 0 Å². The zero-order valence-corrected chi connectivity index (χ0v) is 8.65. The van der Waals surface area contributed by atoms with Gasteiger partial charge in [0.05, 0.1) is 6.10 Å². The van der Waals surface area contributed by atoms with Gasteiger partial charge in [-0.25, -0.2) is 0 Å². The summed E-state index contributed by atoms with van der Waals surface area (Å²) in [4.78, 5) is 0. The van der Waals surface area contributed by atoms with Crippen LogP contribution in [0.25, 0.3) is 0 Å². The summed E-state index contributed by atoms with van der Waals surface area (Å²) in [7, 11) is 0. The number of rotatable bonds is 1. The minimum absolute atomic E-state index is 0.129. The van der Waals surface area contributed by atoms with Crippen LogP contribution in [0.4, 0.5) is 0 Å². The summed E-state index contributed by atoms with van der Waals surface area (Å²) in [6, 6.07) is 0. The monoisotopic (exact) mass is 168 g/mol. The molecule has 70 valence electrons. The van der Waals surface area contributed by atoms with Crippen molar-refractivity contribution in [1.29, 1.82) is 0 Å². The van der Waals surface area contributed by atoms with E-state index in [1.165, 1.54) is 11.1 Å². The third kappa shape index (κ3) is 1.71. The normalized spacial score (nSPS) is 33.8. The first kappa shape index (κ1) is 9.79. The molecule has 0 aromatic rings. The molecule has 1 heteroatoms. The zero-order chi connectivity index (χ0) is 9.35. The maximum absolute atomic E-state index is 9.62. The first-order valence-corrected chi connectivity index (χ1v) is 4.79. The summed E-state index contributed by atoms with van der Waals surface area (Å²) in [6.45, 7) is 8.49. The Morgan fingerprint density at radius 3 is 2.33 bits per heavy atom. The van der Waals surface area contributed by atoms with Crippen LogP contribution in [0.2, 0.25) is 0 Å². The molecule has 2 atom stereocenters. The van der Waals surface area contributed by atoms with E-state index in [-0.39, 0.29) is 11.5 Å². The van der Waals surface area contributed by atoms with Crippen molar-refractivity contribution in [3.8, 4) is 0 Å². The molecule has 0 spiro atoms. The number of aliphatic hydroxyl groups is 1. The fourth-order valence-electron chi connectivity index (χ4n) is 1.89. The molecule has 0 amide bonds. The smallest absolute Gasteiger partial charge is 0.0568 e. The van der Waals surface area contributed by atoms with E-state index in [9.17, 15) is 5.11 Å². The van der Waals surface area contributed by atoms with Crippen molar-refractivity contribution in [2.24, 2.45) is 5.41 Å². The molecule has 0 fully saturated rings. The highest BCUT2D eigenvalue weighted by molar-refractivity contribution is 5.16. The Labute approximate surface area is 75.5 Å². The predicted molar refractivity (Wildman–Crippen MR) is 52.0 cm³/mol. The molecule has 1 rings (SSSR count). The second-order valence-corrected chi connectivity index (χ2v) is 4.57. The fraction of sp³-hybridized carbons (Fsp3) is 0.818. The van der Waals surface area contributed by atoms with E-state index in [0.717, 1.165) is 19.3 Å². The van der Waals surface area contributed by atoms with E-state index in [1.54, 1.807) is 0 Å². The summed E-state index contributed by atoms with van der Waals surface area (Å²) < 4.78 is 0. The van der Waals surface area contributed by atoms with Crippen molar-refractivity contribution in [1.82, 2.24) is 0 Å². The quantitative estimate of drug-likeness (QED) is 0.597. The maximum Gasteiger partial charge on any atom is 0.0568 e. The van der Waals surface area contributed by atoms with Crippen LogP contribution in [-0.2, 0) is 0 Å². The molecule has 0 saturated carbocycles. The average Bonchev–Trinajstić information content (AvgIpc) is 1.97. The lowest BCUT2D eigenvalue weighted by Gasteiger charge is -2.37. The highest BCUT2D eigenvalue weighted by Crippen LogP contribution is 2.41. The highest BCUT2D eigenvalue weighted by Gasteiger charge is 2.32. The molecule has 0 unspecified atom stereocenters. The van der Waals surface area contributed by atoms with Gasteiger partial charge in [0.1, 0.15) is 0 Å². The summed E-state index contributed by atoms with van der Waals surface area (Å²) in [5, 5.41) is 9.62. The molecule has 1 aliphatic rings. The van der Waals surface area contributed by atoms with Crippen LogP contribution in [0.15, 0.2) is 11.1 Å². The summed E-state index contributed by atoms with van der Waals surface area (Å²) in [5.41, 5.74) is 3.13. The van der Waals surface area contributed by atoms with Crippen molar-refractivity contribution >= 4 is 0 Å². The molecule has 1 N–H and O–H groups in total. The zero-order valence-electron chi connectivity index (χ0n) is 8.65. The Morgan fingerprint density at radius 2 is 1.92 bits per heavy atom. The molecular formula is C11H20O. The van der Waals surface area contributed by atoms with Gasteiger partial charge < -0.3 is 5.11 Å². The minimum atomic E-state index is -0.180. The number of hydrogen-bond acceptors (Lipinski definition) is 1. The van der Waals surface area contributed by atoms with Crippen LogP contribution in [0.3, 0.4) is 0 Å². The molecule has 1 nitrogen and oxygen atoms in total. The maximum atomic E-state index is 9.62. The summed E-state index contributed by atoms with van der Waals surface area (Å²) >= 11 is 0. The van der Waals surface area contributed by atoms with Crippen LogP contribution in [0.1, 0.15) is 47.0 Å². The van der Waals surface area contributed by atoms with Crippen LogP contribution in [0, 0.1) is 5.41 Å². The SMILES string of the molecule is CC1=C(C)C[C@](C)([C@H](C)O)CC1. The third-order valence-corrected chi connectivity index (χ3v) is 3.48. The van der Waals surface area contributed by atoms with Crippen LogP contribution in [0.5, 0.6) is 0 Å². The van der Waals surface area contributed by atoms with Gasteiger partial charge in [-0.2, -0.15) is 0 Å². The van der Waals surface area contributed by atoms with Gasteiger partial charge in [-0.3, -0.25) is 0 Å². The van der Waals surface area contributed by atoms with Gasteiger partial charge in [-0.05, 0) is 45.4 Å². The fourth-order valence-corrected chi connectivity index (χ4v) is 1.89. The molecule has 0 aromatic heterocycles. The Balaban J connectivity index is 2.77. The highest BCUT2D eigenvalue weighted by atomic mass is 16.3. The van der Waals surface area contributed by atoms with Crippen molar-refractivity contribution in [2.45, 2.75) is 53.1 Å². The van der Waals surface area contributed by atoms with Crippen LogP contribution >= 0.6 is 0 Å². The number of hydrogen-bond donors (Lipinski definition) is 1. The Bertz CT molecular complexity index is 203. The predicted octanol–water partition coefficient (Wildman–Crippen LogP) is 2.89. The van der Waals surface area contributed by atoms with Gasteiger partial charge in [-0.15, -0.1) is 0 Å². The number of allylic oxidation sites excluding steroid dienone is 2. The Kier molecular flexibility index (Phi) is 2.62. The standard InChI is InChI=1S/C11H20O/c1-8-5-6-11(4,10(3)12)7-9(8)2/h10,12H,5-7H2,1-4H3/t10-,11+/m0/s1. The van der Waals surface area contributed by atoms with Crippen molar-refractivity contribution < 1.29 is 5.11 Å². The molecule has 12 heavy (non-hydrogen) atoms. The lowest BCUT2D eigenvalue weighted by molar-refractivity contribution is 0.0417. The molecule has 0 bridgehead atoms. The topological polar surface area (TPSA) is 20.2 Å². The van der Waals surface area contributed by atoms with E-state index in [0.29, 0.717) is 0 Å². The van der Waals surface area contributed by atoms with Crippen LogP contribution < -0.4 is 0 Å². The van der Waals surface area contributed by atoms with Gasteiger partial charge in [0.2, 0.25) is 0 Å². The van der Waals surface area contributed by atoms with Gasteiger partial charge >= 0.3 is 0 Å². The first-order chi connectivity index (χ1) is 5.46. The van der Waals surface area contributed by atoms with E-state index in [4.69, 9.17) is 0 Å². The largest absolute Gasteiger partial charge is 0.393 e. The molecule has 0 aliphatic heterocycles. The Hall–Kier alpha value is -0.300. The average molecular weight is 168 g/mol. The van der Waals surface area contributed by atoms with Crippen molar-refractivity contribution in [3.05, 3.63) is 11.1 Å². The lowest BCUT2D eigenvalue weighted by atomic mass is 9.70. The van der Waals surface area contributed by atoms with E-state index >= 15 is 0 Å². The number of aliphatic hydroxyl groups excluding tert-OH is 1. The molecule has 0 saturated heterocycles. The molecule has 0 heterocycles. The second kappa shape index (κ2) is 3.21. The van der Waals surface area contributed by atoms with Crippen molar-refractivity contribution in [3.63, 3.8) is 0 Å². The molecular weight excluding hydrogens is 148 g/mol. The van der Waals surface area contributed by atoms with E-state index in [1.807, 2.05) is 6.92 Å². The minimum Gasteiger partial charge on any atom is -0.393 e. The van der Waals surface area contributed by atoms with E-state index in [2.05, 4.69) is 20.8 Å². The summed E-state index contributed by atoms with van der Waals surface area (Å²) in [6.07, 6.45) is 3.18. The Morgan fingerprint density at radius 1 is 1.33 bits per heavy atom. The van der Waals surface area contributed by atoms with Crippen LogP contribution in [-0.4, -0.2) is 11.2 Å². The second-order valence-electron chi connectivity index (χ2n) is 4.57. The molecule has 0 aromatic carbocycles. The van der Waals surface area contributed by atoms with E-state index < -0.39 is 0 Å². The van der Waals surface area contributed by atoms with Gasteiger partial charge in [0.15, 0.2) is 0 Å². The summed E-state index contributed by atoms with van der Waals surface area (Å²) in [5.74, 6) is 0. The first-order valence-electron chi connectivity index (χ1n) is 4.79. The van der Waals surface area contributed by atoms with Crippen molar-refractivity contribution in [2.75, 3.05) is 0 Å².